The minimum atomic E-state index is -1.55. The Morgan fingerprint density at radius 1 is 1.21 bits per heavy atom. The summed E-state index contributed by atoms with van der Waals surface area (Å²) in [5.41, 5.74) is 5.60. The van der Waals surface area contributed by atoms with E-state index in [1.54, 1.807) is 12.1 Å². The summed E-state index contributed by atoms with van der Waals surface area (Å²) in [5, 5.41) is 18.4. The normalized spacial score (nSPS) is 12.7. The average Bonchev–Trinajstić information content (AvgIpc) is 3.24. The van der Waals surface area contributed by atoms with Crippen molar-refractivity contribution in [3.63, 3.8) is 0 Å². The topological polar surface area (TPSA) is 147 Å². The van der Waals surface area contributed by atoms with Crippen LogP contribution in [0.2, 0.25) is 0 Å². The van der Waals surface area contributed by atoms with Crippen molar-refractivity contribution in [2.75, 3.05) is 5.32 Å². The Kier molecular flexibility index (Phi) is 4.63. The van der Waals surface area contributed by atoms with Crippen LogP contribution in [0.25, 0.3) is 10.8 Å². The van der Waals surface area contributed by atoms with Crippen molar-refractivity contribution in [2.24, 2.45) is 5.73 Å². The number of amides is 2. The van der Waals surface area contributed by atoms with Crippen molar-refractivity contribution in [3.05, 3.63) is 56.3 Å². The lowest BCUT2D eigenvalue weighted by Gasteiger charge is -2.11. The van der Waals surface area contributed by atoms with Gasteiger partial charge in [-0.15, -0.1) is 11.3 Å². The Morgan fingerprint density at radius 2 is 1.93 bits per heavy atom. The van der Waals surface area contributed by atoms with E-state index in [4.69, 9.17) is 5.73 Å². The number of carboxylic acids is 1. The van der Waals surface area contributed by atoms with Crippen molar-refractivity contribution in [3.8, 4) is 0 Å². The van der Waals surface area contributed by atoms with Crippen molar-refractivity contribution in [2.45, 2.75) is 25.8 Å². The molecule has 0 aliphatic heterocycles. The number of thiophene rings is 1. The van der Waals surface area contributed by atoms with Crippen LogP contribution in [0.4, 0.5) is 5.00 Å². The molecule has 1 aliphatic carbocycles. The number of carbonyl (C=O) groups excluding carboxylic acids is 3. The molecule has 148 valence electrons. The molecule has 29 heavy (non-hydrogen) atoms. The molecule has 2 aromatic heterocycles. The lowest BCUT2D eigenvalue weighted by Crippen LogP contribution is -2.34. The van der Waals surface area contributed by atoms with E-state index in [9.17, 15) is 24.3 Å². The van der Waals surface area contributed by atoms with Crippen LogP contribution in [-0.4, -0.2) is 27.6 Å². The predicted molar refractivity (Wildman–Crippen MR) is 104 cm³/mol. The smallest absolute Gasteiger partial charge is 0.275 e. The summed E-state index contributed by atoms with van der Waals surface area (Å²) in [6, 6.07) is 6.06. The summed E-state index contributed by atoms with van der Waals surface area (Å²) in [7, 11) is 0. The van der Waals surface area contributed by atoms with Crippen molar-refractivity contribution in [1.82, 2.24) is 9.78 Å². The molecular weight excluding hydrogens is 396 g/mol. The van der Waals surface area contributed by atoms with E-state index in [1.807, 2.05) is 0 Å². The van der Waals surface area contributed by atoms with Gasteiger partial charge in [-0.2, -0.15) is 5.10 Å². The van der Waals surface area contributed by atoms with Crippen LogP contribution in [-0.2, 0) is 24.2 Å². The molecular formula is C19H15N4O5S-. The first kappa shape index (κ1) is 18.8. The average molecular weight is 411 g/mol. The number of rotatable bonds is 5. The fraction of sp³-hybridized carbons (Fsp3) is 0.211. The number of primary amides is 1. The van der Waals surface area contributed by atoms with Crippen molar-refractivity contribution in [1.29, 1.82) is 0 Å². The molecule has 9 nitrogen and oxygen atoms in total. The number of hydrogen-bond acceptors (Lipinski definition) is 7. The summed E-state index contributed by atoms with van der Waals surface area (Å²) in [5.74, 6) is -2.80. The number of nitrogens with two attached hydrogens (primary N) is 1. The number of aromatic carboxylic acids is 1. The SMILES string of the molecule is NC(=O)c1c(NC(=O)Cn2nc(C(=O)[O-])c3ccccc3c2=O)sc2c1CCC2. The van der Waals surface area contributed by atoms with Gasteiger partial charge in [0.1, 0.15) is 17.2 Å². The van der Waals surface area contributed by atoms with E-state index in [0.717, 1.165) is 34.4 Å². The largest absolute Gasteiger partial charge is 0.543 e. The third-order valence-electron chi connectivity index (χ3n) is 4.78. The number of carbonyl (C=O) groups is 3. The van der Waals surface area contributed by atoms with Gasteiger partial charge in [0.15, 0.2) is 0 Å². The van der Waals surface area contributed by atoms with Crippen LogP contribution >= 0.6 is 11.3 Å². The molecule has 0 saturated heterocycles. The lowest BCUT2D eigenvalue weighted by atomic mass is 10.1. The first-order chi connectivity index (χ1) is 13.9. The van der Waals surface area contributed by atoms with Crippen molar-refractivity contribution < 1.29 is 19.5 Å². The molecule has 1 aromatic carbocycles. The maximum Gasteiger partial charge on any atom is 0.275 e. The first-order valence-electron chi connectivity index (χ1n) is 8.82. The number of fused-ring (bicyclic) bond motifs is 2. The molecule has 0 bridgehead atoms. The van der Waals surface area contributed by atoms with Gasteiger partial charge in [0.25, 0.3) is 11.5 Å². The van der Waals surface area contributed by atoms with Crippen LogP contribution in [0.3, 0.4) is 0 Å². The predicted octanol–water partition coefficient (Wildman–Crippen LogP) is 0.0478. The molecule has 1 aliphatic rings. The summed E-state index contributed by atoms with van der Waals surface area (Å²) >= 11 is 1.29. The maximum atomic E-state index is 12.6. The minimum Gasteiger partial charge on any atom is -0.543 e. The third-order valence-corrected chi connectivity index (χ3v) is 5.98. The molecule has 0 spiro atoms. The molecule has 0 saturated carbocycles. The zero-order valence-corrected chi connectivity index (χ0v) is 15.9. The minimum absolute atomic E-state index is 0.113. The molecule has 0 fully saturated rings. The number of carboxylic acid groups (broad SMARTS) is 1. The molecule has 3 aromatic rings. The summed E-state index contributed by atoms with van der Waals surface area (Å²) in [4.78, 5) is 49.4. The van der Waals surface area contributed by atoms with E-state index >= 15 is 0 Å². The van der Waals surface area contributed by atoms with Gasteiger partial charge in [-0.1, -0.05) is 18.2 Å². The number of anilines is 1. The third kappa shape index (κ3) is 3.27. The molecule has 4 rings (SSSR count). The fourth-order valence-electron chi connectivity index (χ4n) is 3.55. The molecule has 10 heteroatoms. The van der Waals surface area contributed by atoms with Crippen molar-refractivity contribution >= 4 is 44.9 Å². The second-order valence-electron chi connectivity index (χ2n) is 6.62. The zero-order chi connectivity index (χ0) is 20.7. The monoisotopic (exact) mass is 411 g/mol. The van der Waals surface area contributed by atoms with Gasteiger partial charge in [-0.25, -0.2) is 4.68 Å². The van der Waals surface area contributed by atoms with Gasteiger partial charge in [0.05, 0.1) is 16.9 Å². The summed E-state index contributed by atoms with van der Waals surface area (Å²) in [6.07, 6.45) is 2.47. The number of benzene rings is 1. The van der Waals surface area contributed by atoms with Crippen LogP contribution in [0, 0.1) is 0 Å². The summed E-state index contributed by atoms with van der Waals surface area (Å²) < 4.78 is 0.772. The number of nitrogens with zero attached hydrogens (tertiary/aromatic N) is 2. The highest BCUT2D eigenvalue weighted by Crippen LogP contribution is 2.38. The Hall–Kier alpha value is -3.53. The van der Waals surface area contributed by atoms with Gasteiger partial charge >= 0.3 is 0 Å². The van der Waals surface area contributed by atoms with E-state index in [2.05, 4.69) is 10.4 Å². The lowest BCUT2D eigenvalue weighted by molar-refractivity contribution is -0.255. The molecule has 2 amide bonds. The zero-order valence-electron chi connectivity index (χ0n) is 15.1. The van der Waals surface area contributed by atoms with Crippen LogP contribution in [0.15, 0.2) is 29.1 Å². The Labute approximate surface area is 167 Å². The highest BCUT2D eigenvalue weighted by Gasteiger charge is 2.26. The first-order valence-corrected chi connectivity index (χ1v) is 9.64. The molecule has 0 unspecified atom stereocenters. The molecule has 2 heterocycles. The number of aromatic nitrogens is 2. The van der Waals surface area contributed by atoms with E-state index in [-0.39, 0.29) is 10.8 Å². The van der Waals surface area contributed by atoms with Crippen LogP contribution in [0.1, 0.15) is 37.7 Å². The van der Waals surface area contributed by atoms with Gasteiger partial charge in [0.2, 0.25) is 5.91 Å². The molecule has 3 N–H and O–H groups in total. The van der Waals surface area contributed by atoms with E-state index < -0.39 is 35.6 Å². The van der Waals surface area contributed by atoms with Gasteiger partial charge in [-0.05, 0) is 30.9 Å². The second-order valence-corrected chi connectivity index (χ2v) is 7.72. The fourth-order valence-corrected chi connectivity index (χ4v) is 4.86. The Balaban J connectivity index is 1.67. The Bertz CT molecular complexity index is 1240. The second kappa shape index (κ2) is 7.13. The number of aryl methyl sites for hydroxylation is 1. The maximum absolute atomic E-state index is 12.6. The quantitative estimate of drug-likeness (QED) is 0.606. The molecule has 0 atom stereocenters. The molecule has 0 radical (unpaired) electrons. The van der Waals surface area contributed by atoms with Gasteiger partial charge in [0, 0.05) is 10.3 Å². The number of hydrogen-bond donors (Lipinski definition) is 2. The van der Waals surface area contributed by atoms with E-state index in [1.165, 1.54) is 23.5 Å². The number of nitrogens with one attached hydrogen (secondary N) is 1. The van der Waals surface area contributed by atoms with Crippen LogP contribution < -0.4 is 21.7 Å². The highest BCUT2D eigenvalue weighted by molar-refractivity contribution is 7.17. The highest BCUT2D eigenvalue weighted by atomic mass is 32.1. The Morgan fingerprint density at radius 3 is 2.62 bits per heavy atom. The van der Waals surface area contributed by atoms with E-state index in [0.29, 0.717) is 10.6 Å². The van der Waals surface area contributed by atoms with Gasteiger partial charge < -0.3 is 21.0 Å². The van der Waals surface area contributed by atoms with Crippen LogP contribution in [0.5, 0.6) is 0 Å². The van der Waals surface area contributed by atoms with Gasteiger partial charge in [-0.3, -0.25) is 14.4 Å². The summed E-state index contributed by atoms with van der Waals surface area (Å²) in [6.45, 7) is -0.523. The standard InChI is InChI=1S/C19H16N4O5S/c20-16(25)14-11-6-3-7-12(11)29-17(14)21-13(24)8-23-18(26)10-5-2-1-4-9(10)15(22-23)19(27)28/h1-2,4-5H,3,6-8H2,(H2,20,25)(H,21,24)(H,27,28)/p-1.